The van der Waals surface area contributed by atoms with E-state index in [-0.39, 0.29) is 11.8 Å². The Kier molecular flexibility index (Phi) is 4.35. The van der Waals surface area contributed by atoms with Crippen molar-refractivity contribution >= 4 is 11.9 Å². The molecule has 1 fully saturated rings. The van der Waals surface area contributed by atoms with Gasteiger partial charge in [0.15, 0.2) is 0 Å². The molecular weight excluding hydrogens is 266 g/mol. The molecule has 1 N–H and O–H groups in total. The van der Waals surface area contributed by atoms with Crippen molar-refractivity contribution in [1.29, 1.82) is 0 Å². The minimum absolute atomic E-state index is 0.00951. The maximum absolute atomic E-state index is 12.5. The van der Waals surface area contributed by atoms with Gasteiger partial charge in [-0.25, -0.2) is 0 Å². The van der Waals surface area contributed by atoms with Crippen LogP contribution in [-0.2, 0) is 11.2 Å². The molecule has 4 nitrogen and oxygen atoms in total. The Labute approximate surface area is 125 Å². The molecule has 1 heterocycles. The van der Waals surface area contributed by atoms with E-state index in [1.165, 1.54) is 5.56 Å². The second-order valence-corrected chi connectivity index (χ2v) is 6.14. The van der Waals surface area contributed by atoms with Gasteiger partial charge in [0.1, 0.15) is 0 Å². The number of carboxylic acids is 1. The molecule has 0 aromatic heterocycles. The molecule has 1 aromatic rings. The number of nitrogens with zero attached hydrogens (tertiary/aromatic N) is 1. The third-order valence-electron chi connectivity index (χ3n) is 4.73. The number of carbonyl (C=O) groups excluding carboxylic acids is 1. The summed E-state index contributed by atoms with van der Waals surface area (Å²) >= 11 is 0. The van der Waals surface area contributed by atoms with Gasteiger partial charge in [-0.05, 0) is 36.5 Å². The predicted molar refractivity (Wildman–Crippen MR) is 81.2 cm³/mol. The van der Waals surface area contributed by atoms with Crippen molar-refractivity contribution in [3.63, 3.8) is 0 Å². The zero-order chi connectivity index (χ0) is 15.6. The molecule has 21 heavy (non-hydrogen) atoms. The maximum atomic E-state index is 12.5. The highest BCUT2D eigenvalue weighted by atomic mass is 16.4. The quantitative estimate of drug-likeness (QED) is 0.927. The topological polar surface area (TPSA) is 57.6 Å². The van der Waals surface area contributed by atoms with Gasteiger partial charge in [-0.15, -0.1) is 0 Å². The average molecular weight is 289 g/mol. The molecule has 0 aliphatic carbocycles. The SMILES string of the molecule is CCc1ccc(C(=O)N2CCC(C(=O)O)(C(C)C)C2)cc1. The fourth-order valence-corrected chi connectivity index (χ4v) is 2.96. The second kappa shape index (κ2) is 5.88. The molecule has 2 rings (SSSR count). The minimum atomic E-state index is -0.807. The standard InChI is InChI=1S/C17H23NO3/c1-4-13-5-7-14(8-6-13)15(19)18-10-9-17(11-18,12(2)3)16(20)21/h5-8,12H,4,9-11H2,1-3H3,(H,20,21). The normalized spacial score (nSPS) is 21.8. The first-order valence-electron chi connectivity index (χ1n) is 7.52. The highest BCUT2D eigenvalue weighted by molar-refractivity contribution is 5.95. The zero-order valence-electron chi connectivity index (χ0n) is 12.9. The first-order valence-corrected chi connectivity index (χ1v) is 7.52. The van der Waals surface area contributed by atoms with Crippen LogP contribution in [0.3, 0.4) is 0 Å². The van der Waals surface area contributed by atoms with Gasteiger partial charge < -0.3 is 10.0 Å². The Bertz CT molecular complexity index is 535. The number of hydrogen-bond acceptors (Lipinski definition) is 2. The van der Waals surface area contributed by atoms with Gasteiger partial charge in [0.05, 0.1) is 5.41 Å². The van der Waals surface area contributed by atoms with Crippen molar-refractivity contribution in [1.82, 2.24) is 4.90 Å². The van der Waals surface area contributed by atoms with Gasteiger partial charge in [0.2, 0.25) is 0 Å². The third kappa shape index (κ3) is 2.80. The van der Waals surface area contributed by atoms with E-state index in [1.54, 1.807) is 4.90 Å². The lowest BCUT2D eigenvalue weighted by Crippen LogP contribution is -2.40. The van der Waals surface area contributed by atoms with Crippen LogP contribution in [0, 0.1) is 11.3 Å². The van der Waals surface area contributed by atoms with Crippen LogP contribution < -0.4 is 0 Å². The minimum Gasteiger partial charge on any atom is -0.481 e. The number of carboxylic acid groups (broad SMARTS) is 1. The van der Waals surface area contributed by atoms with Crippen molar-refractivity contribution < 1.29 is 14.7 Å². The van der Waals surface area contributed by atoms with Crippen LogP contribution in [0.5, 0.6) is 0 Å². The molecule has 114 valence electrons. The molecule has 1 unspecified atom stereocenters. The number of benzene rings is 1. The van der Waals surface area contributed by atoms with E-state index >= 15 is 0 Å². The van der Waals surface area contributed by atoms with E-state index in [0.29, 0.717) is 25.1 Å². The fraction of sp³-hybridized carbons (Fsp3) is 0.529. The summed E-state index contributed by atoms with van der Waals surface area (Å²) < 4.78 is 0. The van der Waals surface area contributed by atoms with Crippen molar-refractivity contribution in [3.05, 3.63) is 35.4 Å². The average Bonchev–Trinajstić information content (AvgIpc) is 2.93. The Balaban J connectivity index is 2.16. The summed E-state index contributed by atoms with van der Waals surface area (Å²) in [7, 11) is 0. The molecular formula is C17H23NO3. The van der Waals surface area contributed by atoms with Crippen LogP contribution in [0.15, 0.2) is 24.3 Å². The molecule has 0 saturated carbocycles. The van der Waals surface area contributed by atoms with Crippen molar-refractivity contribution in [2.75, 3.05) is 13.1 Å². The second-order valence-electron chi connectivity index (χ2n) is 6.14. The molecule has 1 aliphatic rings. The monoisotopic (exact) mass is 289 g/mol. The predicted octanol–water partition coefficient (Wildman–Crippen LogP) is 2.82. The lowest BCUT2D eigenvalue weighted by molar-refractivity contribution is -0.150. The van der Waals surface area contributed by atoms with Gasteiger partial charge in [0.25, 0.3) is 5.91 Å². The van der Waals surface area contributed by atoms with Crippen LogP contribution in [0.2, 0.25) is 0 Å². The van der Waals surface area contributed by atoms with Crippen molar-refractivity contribution in [3.8, 4) is 0 Å². The van der Waals surface area contributed by atoms with Crippen molar-refractivity contribution in [2.24, 2.45) is 11.3 Å². The van der Waals surface area contributed by atoms with Gasteiger partial charge in [-0.3, -0.25) is 9.59 Å². The molecule has 1 saturated heterocycles. The first-order chi connectivity index (χ1) is 9.90. The molecule has 1 aromatic carbocycles. The van der Waals surface area contributed by atoms with E-state index in [4.69, 9.17) is 0 Å². The summed E-state index contributed by atoms with van der Waals surface area (Å²) in [6.45, 7) is 6.71. The molecule has 0 radical (unpaired) electrons. The summed E-state index contributed by atoms with van der Waals surface area (Å²) in [4.78, 5) is 25.8. The lowest BCUT2D eigenvalue weighted by atomic mass is 9.76. The number of aliphatic carboxylic acids is 1. The Morgan fingerprint density at radius 2 is 1.90 bits per heavy atom. The molecule has 1 aliphatic heterocycles. The van der Waals surface area contributed by atoms with Gasteiger partial charge >= 0.3 is 5.97 Å². The number of rotatable bonds is 4. The molecule has 1 amide bonds. The summed E-state index contributed by atoms with van der Waals surface area (Å²) in [6, 6.07) is 7.57. The Hall–Kier alpha value is -1.84. The Morgan fingerprint density at radius 1 is 1.29 bits per heavy atom. The smallest absolute Gasteiger partial charge is 0.311 e. The van der Waals surface area contributed by atoms with E-state index in [1.807, 2.05) is 38.1 Å². The first kappa shape index (κ1) is 15.5. The van der Waals surface area contributed by atoms with Crippen molar-refractivity contribution in [2.45, 2.75) is 33.6 Å². The Morgan fingerprint density at radius 3 is 2.33 bits per heavy atom. The van der Waals surface area contributed by atoms with E-state index in [9.17, 15) is 14.7 Å². The molecule has 4 heteroatoms. The number of carbonyl (C=O) groups is 2. The summed E-state index contributed by atoms with van der Waals surface area (Å²) in [5.41, 5.74) is 1.02. The van der Waals surface area contributed by atoms with Crippen LogP contribution in [0.25, 0.3) is 0 Å². The van der Waals surface area contributed by atoms with E-state index < -0.39 is 11.4 Å². The lowest BCUT2D eigenvalue weighted by Gasteiger charge is -2.28. The van der Waals surface area contributed by atoms with Gasteiger partial charge in [-0.1, -0.05) is 32.9 Å². The van der Waals surface area contributed by atoms with E-state index in [0.717, 1.165) is 6.42 Å². The summed E-state index contributed by atoms with van der Waals surface area (Å²) in [6.07, 6.45) is 1.46. The van der Waals surface area contributed by atoms with Gasteiger partial charge in [0, 0.05) is 18.7 Å². The molecule has 1 atom stereocenters. The number of aryl methyl sites for hydroxylation is 1. The number of hydrogen-bond donors (Lipinski definition) is 1. The van der Waals surface area contributed by atoms with Gasteiger partial charge in [-0.2, -0.15) is 0 Å². The summed E-state index contributed by atoms with van der Waals surface area (Å²) in [5.74, 6) is -0.856. The molecule has 0 bridgehead atoms. The van der Waals surface area contributed by atoms with Crippen LogP contribution in [0.1, 0.15) is 43.1 Å². The molecule has 0 spiro atoms. The third-order valence-corrected chi connectivity index (χ3v) is 4.73. The van der Waals surface area contributed by atoms with Crippen LogP contribution >= 0.6 is 0 Å². The van der Waals surface area contributed by atoms with Crippen LogP contribution in [0.4, 0.5) is 0 Å². The highest BCUT2D eigenvalue weighted by Crippen LogP contribution is 2.38. The number of amides is 1. The largest absolute Gasteiger partial charge is 0.481 e. The number of likely N-dealkylation sites (tertiary alicyclic amines) is 1. The van der Waals surface area contributed by atoms with Crippen LogP contribution in [-0.4, -0.2) is 35.0 Å². The summed E-state index contributed by atoms with van der Waals surface area (Å²) in [5, 5.41) is 9.53. The fourth-order valence-electron chi connectivity index (χ4n) is 2.96. The highest BCUT2D eigenvalue weighted by Gasteiger charge is 2.48. The van der Waals surface area contributed by atoms with E-state index in [2.05, 4.69) is 6.92 Å². The maximum Gasteiger partial charge on any atom is 0.311 e. The zero-order valence-corrected chi connectivity index (χ0v) is 12.9.